The molecule has 0 aliphatic rings. The minimum absolute atomic E-state index is 0.00117. The first-order chi connectivity index (χ1) is 16.1. The quantitative estimate of drug-likeness (QED) is 0.534. The summed E-state index contributed by atoms with van der Waals surface area (Å²) in [6.07, 6.45) is 0. The third-order valence-electron chi connectivity index (χ3n) is 4.65. The number of amides is 2. The summed E-state index contributed by atoms with van der Waals surface area (Å²) in [7, 11) is 0. The van der Waals surface area contributed by atoms with Gasteiger partial charge in [0.25, 0.3) is 5.91 Å². The smallest absolute Gasteiger partial charge is 0.338 e. The molecule has 2 amide bonds. The molecule has 0 aliphatic carbocycles. The Kier molecular flexibility index (Phi) is 9.23. The van der Waals surface area contributed by atoms with E-state index >= 15 is 0 Å². The molecule has 0 radical (unpaired) electrons. The maximum atomic E-state index is 14.0. The van der Waals surface area contributed by atoms with Crippen LogP contribution in [0, 0.1) is 17.6 Å². The number of anilines is 1. The van der Waals surface area contributed by atoms with Crippen molar-refractivity contribution in [1.29, 1.82) is 0 Å². The van der Waals surface area contributed by atoms with Gasteiger partial charge < -0.3 is 20.1 Å². The number of ether oxygens (including phenoxy) is 2. The van der Waals surface area contributed by atoms with Gasteiger partial charge >= 0.3 is 11.9 Å². The summed E-state index contributed by atoms with van der Waals surface area (Å²) >= 11 is 0. The van der Waals surface area contributed by atoms with Crippen LogP contribution in [0.5, 0.6) is 0 Å². The van der Waals surface area contributed by atoms with Gasteiger partial charge in [0.2, 0.25) is 5.91 Å². The van der Waals surface area contributed by atoms with Crippen molar-refractivity contribution >= 4 is 29.4 Å². The SMILES string of the molecule is CCOC(=O)c1cc(NC(=O)C(NC(=O)c2c(F)cccc2F)C(C)C)cc(C(=O)OCC)c1. The summed E-state index contributed by atoms with van der Waals surface area (Å²) in [5.41, 5.74) is -0.743. The molecule has 0 saturated carbocycles. The van der Waals surface area contributed by atoms with Crippen molar-refractivity contribution in [1.82, 2.24) is 5.32 Å². The van der Waals surface area contributed by atoms with Crippen LogP contribution in [-0.2, 0) is 14.3 Å². The van der Waals surface area contributed by atoms with E-state index in [-0.39, 0.29) is 30.0 Å². The number of halogens is 2. The van der Waals surface area contributed by atoms with Crippen LogP contribution in [0.4, 0.5) is 14.5 Å². The lowest BCUT2D eigenvalue weighted by Crippen LogP contribution is -2.47. The molecule has 2 aromatic rings. The van der Waals surface area contributed by atoms with E-state index in [1.54, 1.807) is 27.7 Å². The van der Waals surface area contributed by atoms with Crippen LogP contribution in [0.1, 0.15) is 58.8 Å². The molecule has 2 N–H and O–H groups in total. The lowest BCUT2D eigenvalue weighted by atomic mass is 10.0. The minimum atomic E-state index is -1.19. The molecule has 0 aromatic heterocycles. The van der Waals surface area contributed by atoms with Crippen molar-refractivity contribution in [2.24, 2.45) is 5.92 Å². The van der Waals surface area contributed by atoms with Gasteiger partial charge in [-0.1, -0.05) is 19.9 Å². The Balaban J connectivity index is 2.33. The standard InChI is InChI=1S/C24H26F2N2O6/c1-5-33-23(31)14-10-15(24(32)34-6-2)12-16(11-14)27-22(30)20(13(3)4)28-21(29)19-17(25)8-7-9-18(19)26/h7-13,20H,5-6H2,1-4H3,(H,27,30)(H,28,29). The Morgan fingerprint density at radius 1 is 0.882 bits per heavy atom. The largest absolute Gasteiger partial charge is 0.462 e. The zero-order chi connectivity index (χ0) is 25.4. The molecule has 182 valence electrons. The van der Waals surface area contributed by atoms with Gasteiger partial charge in [0.05, 0.1) is 24.3 Å². The van der Waals surface area contributed by atoms with Gasteiger partial charge in [0, 0.05) is 5.69 Å². The van der Waals surface area contributed by atoms with Gasteiger partial charge in [-0.25, -0.2) is 18.4 Å². The van der Waals surface area contributed by atoms with E-state index in [1.165, 1.54) is 18.2 Å². The van der Waals surface area contributed by atoms with E-state index in [0.29, 0.717) is 0 Å². The summed E-state index contributed by atoms with van der Waals surface area (Å²) < 4.78 is 37.9. The van der Waals surface area contributed by atoms with Crippen LogP contribution in [0.15, 0.2) is 36.4 Å². The molecule has 2 rings (SSSR count). The molecule has 0 heterocycles. The molecule has 34 heavy (non-hydrogen) atoms. The molecule has 2 aromatic carbocycles. The molecule has 0 spiro atoms. The molecule has 1 atom stereocenters. The second kappa shape index (κ2) is 11.9. The van der Waals surface area contributed by atoms with Gasteiger partial charge in [0.15, 0.2) is 0 Å². The molecule has 1 unspecified atom stereocenters. The molecule has 10 heteroatoms. The fourth-order valence-corrected chi connectivity index (χ4v) is 3.05. The molecule has 0 aliphatic heterocycles. The highest BCUT2D eigenvalue weighted by Gasteiger charge is 2.28. The highest BCUT2D eigenvalue weighted by molar-refractivity contribution is 6.03. The van der Waals surface area contributed by atoms with E-state index in [4.69, 9.17) is 9.47 Å². The fraction of sp³-hybridized carbons (Fsp3) is 0.333. The second-order valence-corrected chi connectivity index (χ2v) is 7.52. The van der Waals surface area contributed by atoms with Crippen molar-refractivity contribution in [3.63, 3.8) is 0 Å². The zero-order valence-electron chi connectivity index (χ0n) is 19.2. The maximum Gasteiger partial charge on any atom is 0.338 e. The number of carbonyl (C=O) groups excluding carboxylic acids is 4. The topological polar surface area (TPSA) is 111 Å². The van der Waals surface area contributed by atoms with Crippen molar-refractivity contribution in [3.05, 3.63) is 64.7 Å². The normalized spacial score (nSPS) is 11.5. The molecule has 0 fully saturated rings. The van der Waals surface area contributed by atoms with Crippen LogP contribution in [0.3, 0.4) is 0 Å². The van der Waals surface area contributed by atoms with Crippen molar-refractivity contribution in [2.45, 2.75) is 33.7 Å². The van der Waals surface area contributed by atoms with Crippen LogP contribution in [0.2, 0.25) is 0 Å². The molecule has 0 bridgehead atoms. The lowest BCUT2D eigenvalue weighted by molar-refractivity contribution is -0.118. The Morgan fingerprint density at radius 2 is 1.38 bits per heavy atom. The van der Waals surface area contributed by atoms with Gasteiger partial charge in [0.1, 0.15) is 23.2 Å². The zero-order valence-corrected chi connectivity index (χ0v) is 19.2. The molecular formula is C24H26F2N2O6. The fourth-order valence-electron chi connectivity index (χ4n) is 3.05. The predicted molar refractivity (Wildman–Crippen MR) is 119 cm³/mol. The van der Waals surface area contributed by atoms with E-state index in [0.717, 1.165) is 18.2 Å². The van der Waals surface area contributed by atoms with Crippen molar-refractivity contribution < 1.29 is 37.4 Å². The Morgan fingerprint density at radius 3 is 1.82 bits per heavy atom. The van der Waals surface area contributed by atoms with E-state index < -0.39 is 52.9 Å². The summed E-state index contributed by atoms with van der Waals surface area (Å²) in [5, 5.41) is 4.86. The minimum Gasteiger partial charge on any atom is -0.462 e. The number of nitrogens with one attached hydrogen (secondary N) is 2. The lowest BCUT2D eigenvalue weighted by Gasteiger charge is -2.22. The summed E-state index contributed by atoms with van der Waals surface area (Å²) in [6, 6.07) is 5.66. The summed E-state index contributed by atoms with van der Waals surface area (Å²) in [4.78, 5) is 49.9. The highest BCUT2D eigenvalue weighted by atomic mass is 19.1. The highest BCUT2D eigenvalue weighted by Crippen LogP contribution is 2.19. The number of rotatable bonds is 9. The number of carbonyl (C=O) groups is 4. The Bertz CT molecular complexity index is 1030. The molecule has 8 nitrogen and oxygen atoms in total. The number of hydrogen-bond acceptors (Lipinski definition) is 6. The summed E-state index contributed by atoms with van der Waals surface area (Å²) in [5.74, 6) is -5.87. The van der Waals surface area contributed by atoms with E-state index in [9.17, 15) is 28.0 Å². The average molecular weight is 476 g/mol. The third kappa shape index (κ3) is 6.60. The van der Waals surface area contributed by atoms with Crippen molar-refractivity contribution in [3.8, 4) is 0 Å². The van der Waals surface area contributed by atoms with Crippen LogP contribution >= 0.6 is 0 Å². The van der Waals surface area contributed by atoms with Crippen LogP contribution in [-0.4, -0.2) is 43.0 Å². The first-order valence-electron chi connectivity index (χ1n) is 10.6. The maximum absolute atomic E-state index is 14.0. The predicted octanol–water partition coefficient (Wildman–Crippen LogP) is 3.71. The van der Waals surface area contributed by atoms with E-state index in [1.807, 2.05) is 0 Å². The number of esters is 2. The molecule has 0 saturated heterocycles. The number of benzene rings is 2. The third-order valence-corrected chi connectivity index (χ3v) is 4.65. The van der Waals surface area contributed by atoms with Crippen LogP contribution < -0.4 is 10.6 Å². The average Bonchev–Trinajstić information content (AvgIpc) is 2.77. The van der Waals surface area contributed by atoms with Gasteiger partial charge in [-0.15, -0.1) is 0 Å². The first kappa shape index (κ1) is 26.4. The van der Waals surface area contributed by atoms with Gasteiger partial charge in [-0.3, -0.25) is 9.59 Å². The monoisotopic (exact) mass is 476 g/mol. The van der Waals surface area contributed by atoms with Gasteiger partial charge in [-0.05, 0) is 50.1 Å². The Labute approximate surface area is 195 Å². The van der Waals surface area contributed by atoms with Crippen molar-refractivity contribution in [2.75, 3.05) is 18.5 Å². The second-order valence-electron chi connectivity index (χ2n) is 7.52. The van der Waals surface area contributed by atoms with E-state index in [2.05, 4.69) is 10.6 Å². The molecular weight excluding hydrogens is 450 g/mol. The Hall–Kier alpha value is -3.82. The van der Waals surface area contributed by atoms with Crippen LogP contribution in [0.25, 0.3) is 0 Å². The first-order valence-corrected chi connectivity index (χ1v) is 10.6. The number of hydrogen-bond donors (Lipinski definition) is 2. The van der Waals surface area contributed by atoms with Gasteiger partial charge in [-0.2, -0.15) is 0 Å². The summed E-state index contributed by atoms with van der Waals surface area (Å²) in [6.45, 7) is 6.67.